The first-order chi connectivity index (χ1) is 8.78. The van der Waals surface area contributed by atoms with E-state index in [1.54, 1.807) is 0 Å². The van der Waals surface area contributed by atoms with Gasteiger partial charge in [0.2, 0.25) is 0 Å². The number of aromatic nitrogens is 2. The van der Waals surface area contributed by atoms with Crippen LogP contribution in [0.25, 0.3) is 10.9 Å². The van der Waals surface area contributed by atoms with Crippen LogP contribution in [0.15, 0.2) is 24.3 Å². The zero-order valence-electron chi connectivity index (χ0n) is 10.8. The minimum absolute atomic E-state index is 0.0884. The Bertz CT molecular complexity index is 546. The van der Waals surface area contributed by atoms with Crippen LogP contribution >= 0.6 is 0 Å². The number of nitrogens with zero attached hydrogens (tertiary/aromatic N) is 2. The number of aliphatic hydroxyl groups excluding tert-OH is 1. The van der Waals surface area contributed by atoms with E-state index in [2.05, 4.69) is 35.9 Å². The molecule has 1 aromatic carbocycles. The summed E-state index contributed by atoms with van der Waals surface area (Å²) in [5.41, 5.74) is 2.43. The van der Waals surface area contributed by atoms with Gasteiger partial charge in [0, 0.05) is 11.9 Å². The van der Waals surface area contributed by atoms with Crippen molar-refractivity contribution in [1.29, 1.82) is 0 Å². The van der Waals surface area contributed by atoms with Gasteiger partial charge in [-0.1, -0.05) is 18.2 Å². The van der Waals surface area contributed by atoms with E-state index in [-0.39, 0.29) is 6.10 Å². The number of hydrogen-bond acceptors (Lipinski definition) is 2. The minimum atomic E-state index is -0.0884. The third-order valence-corrected chi connectivity index (χ3v) is 4.03. The molecular formula is C15H20N2O. The SMILES string of the molecule is CCn1nc(CC2CCC(O)C2)c2ccccc21. The zero-order valence-corrected chi connectivity index (χ0v) is 10.8. The van der Waals surface area contributed by atoms with Gasteiger partial charge in [-0.05, 0) is 44.6 Å². The third kappa shape index (κ3) is 2.03. The second-order valence-corrected chi connectivity index (χ2v) is 5.32. The fourth-order valence-electron chi connectivity index (χ4n) is 3.10. The van der Waals surface area contributed by atoms with E-state index < -0.39 is 0 Å². The smallest absolute Gasteiger partial charge is 0.0706 e. The highest BCUT2D eigenvalue weighted by atomic mass is 16.3. The first-order valence-corrected chi connectivity index (χ1v) is 6.90. The minimum Gasteiger partial charge on any atom is -0.393 e. The molecule has 1 N–H and O–H groups in total. The molecule has 1 aliphatic carbocycles. The van der Waals surface area contributed by atoms with Crippen molar-refractivity contribution >= 4 is 10.9 Å². The zero-order chi connectivity index (χ0) is 12.5. The fraction of sp³-hybridized carbons (Fsp3) is 0.533. The number of rotatable bonds is 3. The molecule has 1 fully saturated rings. The van der Waals surface area contributed by atoms with Crippen molar-refractivity contribution in [3.63, 3.8) is 0 Å². The second kappa shape index (κ2) is 4.73. The summed E-state index contributed by atoms with van der Waals surface area (Å²) in [6, 6.07) is 8.45. The number of aliphatic hydroxyl groups is 1. The van der Waals surface area contributed by atoms with E-state index in [1.807, 2.05) is 0 Å². The fourth-order valence-corrected chi connectivity index (χ4v) is 3.10. The summed E-state index contributed by atoms with van der Waals surface area (Å²) in [6.45, 7) is 3.04. The molecule has 96 valence electrons. The highest BCUT2D eigenvalue weighted by Gasteiger charge is 2.24. The molecule has 1 heterocycles. The molecular weight excluding hydrogens is 224 g/mol. The summed E-state index contributed by atoms with van der Waals surface area (Å²) < 4.78 is 2.08. The summed E-state index contributed by atoms with van der Waals surface area (Å²) in [4.78, 5) is 0. The van der Waals surface area contributed by atoms with Gasteiger partial charge in [-0.25, -0.2) is 0 Å². The van der Waals surface area contributed by atoms with Crippen LogP contribution in [0.4, 0.5) is 0 Å². The maximum absolute atomic E-state index is 9.62. The van der Waals surface area contributed by atoms with Crippen LogP contribution in [0.5, 0.6) is 0 Å². The molecule has 0 bridgehead atoms. The summed E-state index contributed by atoms with van der Waals surface area (Å²) in [7, 11) is 0. The average Bonchev–Trinajstić information content (AvgIpc) is 2.95. The van der Waals surface area contributed by atoms with Gasteiger partial charge in [-0.3, -0.25) is 4.68 Å². The van der Waals surface area contributed by atoms with Gasteiger partial charge >= 0.3 is 0 Å². The van der Waals surface area contributed by atoms with E-state index in [0.29, 0.717) is 5.92 Å². The van der Waals surface area contributed by atoms with Gasteiger partial charge in [0.15, 0.2) is 0 Å². The molecule has 0 radical (unpaired) electrons. The molecule has 2 atom stereocenters. The lowest BCUT2D eigenvalue weighted by molar-refractivity contribution is 0.177. The molecule has 2 unspecified atom stereocenters. The highest BCUT2D eigenvalue weighted by Crippen LogP contribution is 2.30. The third-order valence-electron chi connectivity index (χ3n) is 4.03. The Balaban J connectivity index is 1.92. The number of benzene rings is 1. The number of hydrogen-bond donors (Lipinski definition) is 1. The quantitative estimate of drug-likeness (QED) is 0.901. The molecule has 3 nitrogen and oxygen atoms in total. The van der Waals surface area contributed by atoms with E-state index >= 15 is 0 Å². The van der Waals surface area contributed by atoms with Gasteiger partial charge in [-0.15, -0.1) is 0 Å². The van der Waals surface area contributed by atoms with Crippen molar-refractivity contribution in [2.24, 2.45) is 5.92 Å². The molecule has 1 saturated carbocycles. The number of para-hydroxylation sites is 1. The van der Waals surface area contributed by atoms with Crippen molar-refractivity contribution in [3.8, 4) is 0 Å². The van der Waals surface area contributed by atoms with E-state index in [1.165, 1.54) is 16.6 Å². The first-order valence-electron chi connectivity index (χ1n) is 6.90. The van der Waals surface area contributed by atoms with Crippen LogP contribution < -0.4 is 0 Å². The molecule has 2 aromatic rings. The van der Waals surface area contributed by atoms with E-state index in [9.17, 15) is 5.11 Å². The molecule has 0 spiro atoms. The molecule has 3 heteroatoms. The Labute approximate surface area is 107 Å². The van der Waals surface area contributed by atoms with E-state index in [0.717, 1.165) is 32.2 Å². The predicted octanol–water partition coefficient (Wildman–Crippen LogP) is 2.76. The largest absolute Gasteiger partial charge is 0.393 e. The molecule has 1 aromatic heterocycles. The van der Waals surface area contributed by atoms with Gasteiger partial charge in [0.1, 0.15) is 0 Å². The first kappa shape index (κ1) is 11.7. The van der Waals surface area contributed by atoms with Crippen LogP contribution in [0.2, 0.25) is 0 Å². The lowest BCUT2D eigenvalue weighted by atomic mass is 10.00. The van der Waals surface area contributed by atoms with Crippen molar-refractivity contribution in [1.82, 2.24) is 9.78 Å². The van der Waals surface area contributed by atoms with Crippen molar-refractivity contribution in [3.05, 3.63) is 30.0 Å². The molecule has 0 aliphatic heterocycles. The van der Waals surface area contributed by atoms with Crippen LogP contribution in [0, 0.1) is 5.92 Å². The van der Waals surface area contributed by atoms with Gasteiger partial charge in [0.05, 0.1) is 17.3 Å². The molecule has 0 amide bonds. The lowest BCUT2D eigenvalue weighted by Crippen LogP contribution is -2.04. The normalized spacial score (nSPS) is 23.9. The van der Waals surface area contributed by atoms with Crippen molar-refractivity contribution < 1.29 is 5.11 Å². The summed E-state index contributed by atoms with van der Waals surface area (Å²) in [6.07, 6.45) is 3.94. The van der Waals surface area contributed by atoms with Crippen LogP contribution in [0.3, 0.4) is 0 Å². The molecule has 18 heavy (non-hydrogen) atoms. The number of fused-ring (bicyclic) bond motifs is 1. The Morgan fingerprint density at radius 3 is 2.89 bits per heavy atom. The van der Waals surface area contributed by atoms with Crippen molar-refractivity contribution in [2.75, 3.05) is 0 Å². The summed E-state index contributed by atoms with van der Waals surface area (Å²) >= 11 is 0. The monoisotopic (exact) mass is 244 g/mol. The Morgan fingerprint density at radius 2 is 2.17 bits per heavy atom. The average molecular weight is 244 g/mol. The standard InChI is InChI=1S/C15H20N2O/c1-2-17-15-6-4-3-5-13(15)14(16-17)10-11-7-8-12(18)9-11/h3-6,11-12,18H,2,7-10H2,1H3. The number of aryl methyl sites for hydroxylation is 1. The maximum Gasteiger partial charge on any atom is 0.0706 e. The topological polar surface area (TPSA) is 38.0 Å². The van der Waals surface area contributed by atoms with Gasteiger partial charge in [0.25, 0.3) is 0 Å². The molecule has 1 aliphatic rings. The maximum atomic E-state index is 9.62. The van der Waals surface area contributed by atoms with Crippen molar-refractivity contribution in [2.45, 2.75) is 45.3 Å². The van der Waals surface area contributed by atoms with Crippen LogP contribution in [-0.2, 0) is 13.0 Å². The Hall–Kier alpha value is -1.35. The highest BCUT2D eigenvalue weighted by molar-refractivity contribution is 5.81. The molecule has 0 saturated heterocycles. The van der Waals surface area contributed by atoms with Crippen LogP contribution in [-0.4, -0.2) is 21.0 Å². The lowest BCUT2D eigenvalue weighted by Gasteiger charge is -2.06. The summed E-state index contributed by atoms with van der Waals surface area (Å²) in [5.74, 6) is 0.601. The van der Waals surface area contributed by atoms with Gasteiger partial charge in [-0.2, -0.15) is 5.10 Å². The predicted molar refractivity (Wildman–Crippen MR) is 72.5 cm³/mol. The van der Waals surface area contributed by atoms with Gasteiger partial charge < -0.3 is 5.11 Å². The Kier molecular flexibility index (Phi) is 3.08. The van der Waals surface area contributed by atoms with Crippen LogP contribution in [0.1, 0.15) is 31.9 Å². The summed E-state index contributed by atoms with van der Waals surface area (Å²) in [5, 5.41) is 15.6. The van der Waals surface area contributed by atoms with E-state index in [4.69, 9.17) is 5.10 Å². The Morgan fingerprint density at radius 1 is 1.33 bits per heavy atom. The molecule has 3 rings (SSSR count). The second-order valence-electron chi connectivity index (χ2n) is 5.32.